The molecule has 0 radical (unpaired) electrons. The number of carbonyl (C=O) groups excluding carboxylic acids is 1. The highest BCUT2D eigenvalue weighted by molar-refractivity contribution is 5.75. The number of rotatable bonds is 5. The molecule has 2 aliphatic rings. The van der Waals surface area contributed by atoms with Crippen LogP contribution in [0.15, 0.2) is 36.8 Å². The maximum Gasteiger partial charge on any atom is 0.416 e. The Labute approximate surface area is 191 Å². The van der Waals surface area contributed by atoms with Crippen molar-refractivity contribution in [3.05, 3.63) is 53.6 Å². The first-order valence-corrected chi connectivity index (χ1v) is 11.1. The number of halogens is 3. The Kier molecular flexibility index (Phi) is 7.23. The summed E-state index contributed by atoms with van der Waals surface area (Å²) in [5.41, 5.74) is 1.03. The zero-order valence-electron chi connectivity index (χ0n) is 18.6. The highest BCUT2D eigenvalue weighted by Crippen LogP contribution is 2.36. The first kappa shape index (κ1) is 23.6. The number of amides is 2. The highest BCUT2D eigenvalue weighted by Gasteiger charge is 2.35. The molecule has 3 heterocycles. The summed E-state index contributed by atoms with van der Waals surface area (Å²) in [6.45, 7) is 3.65. The van der Waals surface area contributed by atoms with Crippen LogP contribution in [0.5, 0.6) is 0 Å². The van der Waals surface area contributed by atoms with Crippen LogP contribution >= 0.6 is 0 Å². The minimum Gasteiger partial charge on any atom is -0.384 e. The number of hydrogen-bond donors (Lipinski definition) is 0. The van der Waals surface area contributed by atoms with Gasteiger partial charge < -0.3 is 23.8 Å². The standard InChI is InChI=1S/C23H29F3N4O3/c1-32-9-6-20-14-30(16-27-20)21-12-18(17-2-4-19(5-3-17)23(24,25)26)13-29(15-21)22(31)28-7-10-33-11-8-28/h2-5,14,16,18,21H,6-13,15H2,1H3. The largest absolute Gasteiger partial charge is 0.416 e. The average molecular weight is 467 g/mol. The third-order valence-electron chi connectivity index (χ3n) is 6.33. The number of likely N-dealkylation sites (tertiary alicyclic amines) is 1. The monoisotopic (exact) mass is 466 g/mol. The number of methoxy groups -OCH3 is 1. The fourth-order valence-electron chi connectivity index (χ4n) is 4.50. The summed E-state index contributed by atoms with van der Waals surface area (Å²) in [6.07, 6.45) is 0.757. The lowest BCUT2D eigenvalue weighted by molar-refractivity contribution is -0.137. The van der Waals surface area contributed by atoms with Crippen molar-refractivity contribution in [2.24, 2.45) is 0 Å². The molecule has 2 amide bonds. The molecule has 0 N–H and O–H groups in total. The van der Waals surface area contributed by atoms with Crippen molar-refractivity contribution in [2.45, 2.75) is 31.0 Å². The number of benzene rings is 1. The van der Waals surface area contributed by atoms with Crippen LogP contribution in [0.4, 0.5) is 18.0 Å². The molecule has 1 aromatic carbocycles. The van der Waals surface area contributed by atoms with Crippen LogP contribution in [0.2, 0.25) is 0 Å². The van der Waals surface area contributed by atoms with Gasteiger partial charge in [-0.25, -0.2) is 9.78 Å². The van der Waals surface area contributed by atoms with Crippen LogP contribution in [0, 0.1) is 0 Å². The quantitative estimate of drug-likeness (QED) is 0.676. The summed E-state index contributed by atoms with van der Waals surface area (Å²) in [7, 11) is 1.64. The minimum atomic E-state index is -4.37. The molecule has 2 atom stereocenters. The van der Waals surface area contributed by atoms with Crippen molar-refractivity contribution in [3.63, 3.8) is 0 Å². The SMILES string of the molecule is COCCc1cn(C2CC(c3ccc(C(F)(F)F)cc3)CN(C(=O)N3CCOCC3)C2)cn1. The lowest BCUT2D eigenvalue weighted by Crippen LogP contribution is -2.52. The Bertz CT molecular complexity index is 926. The van der Waals surface area contributed by atoms with E-state index in [2.05, 4.69) is 4.98 Å². The summed E-state index contributed by atoms with van der Waals surface area (Å²) in [5, 5.41) is 0. The van der Waals surface area contributed by atoms with Crippen LogP contribution in [0.1, 0.15) is 35.2 Å². The lowest BCUT2D eigenvalue weighted by Gasteiger charge is -2.41. The second-order valence-electron chi connectivity index (χ2n) is 8.55. The van der Waals surface area contributed by atoms with Gasteiger partial charge >= 0.3 is 12.2 Å². The van der Waals surface area contributed by atoms with E-state index in [0.717, 1.165) is 23.4 Å². The molecule has 33 heavy (non-hydrogen) atoms. The van der Waals surface area contributed by atoms with Crippen molar-refractivity contribution in [3.8, 4) is 0 Å². The van der Waals surface area contributed by atoms with Crippen molar-refractivity contribution in [1.82, 2.24) is 19.4 Å². The van der Waals surface area contributed by atoms with E-state index >= 15 is 0 Å². The molecule has 2 unspecified atom stereocenters. The van der Waals surface area contributed by atoms with Gasteiger partial charge in [-0.05, 0) is 24.1 Å². The van der Waals surface area contributed by atoms with E-state index in [1.54, 1.807) is 18.3 Å². The van der Waals surface area contributed by atoms with Gasteiger partial charge in [-0.1, -0.05) is 12.1 Å². The van der Waals surface area contributed by atoms with Crippen LogP contribution in [0.25, 0.3) is 0 Å². The Morgan fingerprint density at radius 2 is 1.88 bits per heavy atom. The van der Waals surface area contributed by atoms with Crippen molar-refractivity contribution < 1.29 is 27.4 Å². The number of morpholine rings is 1. The molecule has 2 aliphatic heterocycles. The molecule has 0 bridgehead atoms. The van der Waals surface area contributed by atoms with Gasteiger partial charge in [0, 0.05) is 51.8 Å². The molecular formula is C23H29F3N4O3. The highest BCUT2D eigenvalue weighted by atomic mass is 19.4. The fraction of sp³-hybridized carbons (Fsp3) is 0.565. The molecule has 0 aliphatic carbocycles. The van der Waals surface area contributed by atoms with E-state index in [4.69, 9.17) is 9.47 Å². The van der Waals surface area contributed by atoms with Crippen LogP contribution in [0.3, 0.4) is 0 Å². The molecule has 4 rings (SSSR count). The molecule has 180 valence electrons. The zero-order chi connectivity index (χ0) is 23.4. The maximum absolute atomic E-state index is 13.2. The van der Waals surface area contributed by atoms with Crippen molar-refractivity contribution in [2.75, 3.05) is 53.1 Å². The number of nitrogens with zero attached hydrogens (tertiary/aromatic N) is 4. The van der Waals surface area contributed by atoms with Gasteiger partial charge in [0.05, 0.1) is 43.4 Å². The van der Waals surface area contributed by atoms with Gasteiger partial charge in [-0.2, -0.15) is 13.2 Å². The van der Waals surface area contributed by atoms with E-state index in [9.17, 15) is 18.0 Å². The average Bonchev–Trinajstić information content (AvgIpc) is 3.31. The smallest absolute Gasteiger partial charge is 0.384 e. The van der Waals surface area contributed by atoms with Crippen molar-refractivity contribution >= 4 is 6.03 Å². The maximum atomic E-state index is 13.2. The molecule has 10 heteroatoms. The molecule has 2 saturated heterocycles. The number of alkyl halides is 3. The molecular weight excluding hydrogens is 437 g/mol. The zero-order valence-corrected chi connectivity index (χ0v) is 18.6. The van der Waals surface area contributed by atoms with E-state index in [1.165, 1.54) is 12.1 Å². The van der Waals surface area contributed by atoms with Gasteiger partial charge in [0.15, 0.2) is 0 Å². The molecule has 7 nitrogen and oxygen atoms in total. The summed E-state index contributed by atoms with van der Waals surface area (Å²) in [4.78, 5) is 21.3. The second kappa shape index (κ2) is 10.1. The van der Waals surface area contributed by atoms with Gasteiger partial charge in [-0.15, -0.1) is 0 Å². The van der Waals surface area contributed by atoms with Gasteiger partial charge in [0.2, 0.25) is 0 Å². The molecule has 2 aromatic rings. The van der Waals surface area contributed by atoms with E-state index in [-0.39, 0.29) is 18.0 Å². The Morgan fingerprint density at radius 1 is 1.15 bits per heavy atom. The Balaban J connectivity index is 1.56. The van der Waals surface area contributed by atoms with E-state index < -0.39 is 11.7 Å². The normalized spacial score (nSPS) is 21.9. The number of piperidine rings is 1. The fourth-order valence-corrected chi connectivity index (χ4v) is 4.50. The first-order valence-electron chi connectivity index (χ1n) is 11.1. The summed E-state index contributed by atoms with van der Waals surface area (Å²) in [6, 6.07) is 5.22. The lowest BCUT2D eigenvalue weighted by atomic mass is 9.87. The van der Waals surface area contributed by atoms with Gasteiger partial charge in [0.1, 0.15) is 0 Å². The number of carbonyl (C=O) groups is 1. The first-order chi connectivity index (χ1) is 15.8. The molecule has 0 spiro atoms. The van der Waals surface area contributed by atoms with Crippen LogP contribution in [-0.4, -0.2) is 78.5 Å². The predicted octanol–water partition coefficient (Wildman–Crippen LogP) is 3.57. The summed E-state index contributed by atoms with van der Waals surface area (Å²) < 4.78 is 51.6. The number of imidazole rings is 1. The molecule has 2 fully saturated rings. The van der Waals surface area contributed by atoms with E-state index in [0.29, 0.717) is 58.8 Å². The molecule has 1 aromatic heterocycles. The van der Waals surface area contributed by atoms with Gasteiger partial charge in [-0.3, -0.25) is 0 Å². The number of urea groups is 1. The predicted molar refractivity (Wildman–Crippen MR) is 115 cm³/mol. The van der Waals surface area contributed by atoms with Gasteiger partial charge in [0.25, 0.3) is 0 Å². The third-order valence-corrected chi connectivity index (χ3v) is 6.33. The molecule has 0 saturated carbocycles. The van der Waals surface area contributed by atoms with Crippen LogP contribution in [-0.2, 0) is 22.1 Å². The summed E-state index contributed by atoms with van der Waals surface area (Å²) in [5.74, 6) is -0.0825. The number of hydrogen-bond acceptors (Lipinski definition) is 4. The summed E-state index contributed by atoms with van der Waals surface area (Å²) >= 11 is 0. The minimum absolute atomic E-state index is 0.0279. The van der Waals surface area contributed by atoms with Crippen LogP contribution < -0.4 is 0 Å². The topological polar surface area (TPSA) is 59.8 Å². The Morgan fingerprint density at radius 3 is 2.55 bits per heavy atom. The number of ether oxygens (including phenoxy) is 2. The van der Waals surface area contributed by atoms with E-state index in [1.807, 2.05) is 15.7 Å². The second-order valence-corrected chi connectivity index (χ2v) is 8.55. The van der Waals surface area contributed by atoms with Crippen molar-refractivity contribution in [1.29, 1.82) is 0 Å². The number of aromatic nitrogens is 2. The third kappa shape index (κ3) is 5.67. The Hall–Kier alpha value is -2.59.